The van der Waals surface area contributed by atoms with Gasteiger partial charge in [0.2, 0.25) is 0 Å². The van der Waals surface area contributed by atoms with Crippen LogP contribution in [0.15, 0.2) is 41.5 Å². The average molecular weight is 384 g/mol. The Hall–Kier alpha value is -3.21. The molecule has 142 valence electrons. The van der Waals surface area contributed by atoms with Gasteiger partial charge in [-0.05, 0) is 37.0 Å². The number of pyridine rings is 2. The molecule has 3 aromatic heterocycles. The molecule has 0 aromatic carbocycles. The smallest absolute Gasteiger partial charge is 0.295 e. The van der Waals surface area contributed by atoms with Crippen molar-refractivity contribution in [3.8, 4) is 11.8 Å². The Morgan fingerprint density at radius 1 is 1.18 bits per heavy atom. The van der Waals surface area contributed by atoms with Gasteiger partial charge in [0.25, 0.3) is 5.56 Å². The van der Waals surface area contributed by atoms with E-state index in [-0.39, 0.29) is 42.7 Å². The standard InChI is InChI=1S/C20H15F3N4O/c21-20(22,23)14-4-3-9-27-17(11-14)26-16-10-13(12-25-18(16)19(27)28)6-7-15-5-1-2-8-24-15/h1-2,5,8,10,12,14H,3-4,9,11H2. The topological polar surface area (TPSA) is 60.7 Å². The molecule has 3 aromatic rings. The molecule has 1 aliphatic rings. The van der Waals surface area contributed by atoms with Crippen LogP contribution in [-0.4, -0.2) is 25.7 Å². The van der Waals surface area contributed by atoms with Gasteiger partial charge >= 0.3 is 6.18 Å². The average Bonchev–Trinajstić information content (AvgIpc) is 2.90. The number of aromatic nitrogens is 4. The van der Waals surface area contributed by atoms with Crippen LogP contribution in [0, 0.1) is 17.8 Å². The molecule has 0 fully saturated rings. The minimum atomic E-state index is -4.31. The van der Waals surface area contributed by atoms with Crippen LogP contribution in [0.3, 0.4) is 0 Å². The lowest BCUT2D eigenvalue weighted by molar-refractivity contribution is -0.176. The monoisotopic (exact) mass is 384 g/mol. The van der Waals surface area contributed by atoms with Crippen molar-refractivity contribution in [2.24, 2.45) is 5.92 Å². The van der Waals surface area contributed by atoms with Gasteiger partial charge in [0.1, 0.15) is 11.5 Å². The quantitative estimate of drug-likeness (QED) is 0.559. The van der Waals surface area contributed by atoms with E-state index in [1.54, 1.807) is 24.4 Å². The van der Waals surface area contributed by atoms with Crippen molar-refractivity contribution in [2.75, 3.05) is 0 Å². The molecule has 0 spiro atoms. The Labute approximate surface area is 158 Å². The van der Waals surface area contributed by atoms with Gasteiger partial charge in [-0.15, -0.1) is 0 Å². The van der Waals surface area contributed by atoms with Crippen LogP contribution in [0.25, 0.3) is 11.0 Å². The van der Waals surface area contributed by atoms with Crippen LogP contribution in [0.4, 0.5) is 13.2 Å². The van der Waals surface area contributed by atoms with Crippen LogP contribution in [0.1, 0.15) is 29.9 Å². The Kier molecular flexibility index (Phi) is 4.59. The Bertz CT molecular complexity index is 1140. The number of rotatable bonds is 0. The fourth-order valence-corrected chi connectivity index (χ4v) is 3.27. The van der Waals surface area contributed by atoms with Crippen molar-refractivity contribution in [3.63, 3.8) is 0 Å². The molecule has 4 heterocycles. The number of nitrogens with zero attached hydrogens (tertiary/aromatic N) is 4. The van der Waals surface area contributed by atoms with Crippen LogP contribution < -0.4 is 5.56 Å². The fraction of sp³-hybridized carbons (Fsp3) is 0.300. The first kappa shape index (κ1) is 18.2. The van der Waals surface area contributed by atoms with Gasteiger partial charge in [0.15, 0.2) is 5.52 Å². The molecule has 0 aliphatic carbocycles. The Balaban J connectivity index is 1.76. The van der Waals surface area contributed by atoms with Gasteiger partial charge in [-0.25, -0.2) is 15.0 Å². The highest BCUT2D eigenvalue weighted by molar-refractivity contribution is 5.74. The summed E-state index contributed by atoms with van der Waals surface area (Å²) in [5.41, 5.74) is 1.07. The summed E-state index contributed by atoms with van der Waals surface area (Å²) in [7, 11) is 0. The van der Waals surface area contributed by atoms with E-state index in [2.05, 4.69) is 26.8 Å². The van der Waals surface area contributed by atoms with Gasteiger partial charge in [-0.1, -0.05) is 12.0 Å². The molecular weight excluding hydrogens is 369 g/mol. The molecule has 0 bridgehead atoms. The third kappa shape index (κ3) is 3.60. The van der Waals surface area contributed by atoms with Gasteiger partial charge in [-0.3, -0.25) is 9.36 Å². The summed E-state index contributed by atoms with van der Waals surface area (Å²) in [5, 5.41) is 0. The second-order valence-electron chi connectivity index (χ2n) is 6.63. The van der Waals surface area contributed by atoms with Crippen LogP contribution in [-0.2, 0) is 13.0 Å². The molecule has 1 unspecified atom stereocenters. The molecular formula is C20H15F3N4O. The van der Waals surface area contributed by atoms with Crippen molar-refractivity contribution >= 4 is 11.0 Å². The zero-order valence-corrected chi connectivity index (χ0v) is 14.7. The highest BCUT2D eigenvalue weighted by Crippen LogP contribution is 2.34. The molecule has 1 atom stereocenters. The highest BCUT2D eigenvalue weighted by atomic mass is 19.4. The minimum absolute atomic E-state index is 0.0170. The summed E-state index contributed by atoms with van der Waals surface area (Å²) in [6, 6.07) is 6.92. The summed E-state index contributed by atoms with van der Waals surface area (Å²) in [6.07, 6.45) is -1.27. The highest BCUT2D eigenvalue weighted by Gasteiger charge is 2.41. The van der Waals surface area contributed by atoms with Gasteiger partial charge in [0, 0.05) is 30.9 Å². The molecule has 8 heteroatoms. The molecule has 5 nitrogen and oxygen atoms in total. The summed E-state index contributed by atoms with van der Waals surface area (Å²) in [6.45, 7) is 0.215. The second kappa shape index (κ2) is 7.08. The van der Waals surface area contributed by atoms with E-state index in [0.717, 1.165) is 0 Å². The fourth-order valence-electron chi connectivity index (χ4n) is 3.27. The van der Waals surface area contributed by atoms with Gasteiger partial charge < -0.3 is 0 Å². The van der Waals surface area contributed by atoms with E-state index in [0.29, 0.717) is 11.3 Å². The molecule has 1 aliphatic heterocycles. The van der Waals surface area contributed by atoms with Crippen molar-refractivity contribution in [1.29, 1.82) is 0 Å². The molecule has 4 rings (SSSR count). The van der Waals surface area contributed by atoms with Gasteiger partial charge in [-0.2, -0.15) is 13.2 Å². The number of fused-ring (bicyclic) bond motifs is 2. The normalized spacial score (nSPS) is 16.8. The van der Waals surface area contributed by atoms with Crippen molar-refractivity contribution in [1.82, 2.24) is 19.5 Å². The third-order valence-corrected chi connectivity index (χ3v) is 4.70. The SMILES string of the molecule is O=c1c2ncc(C#Cc3ccccn3)cc2nc2n1CCCC(C(F)(F)F)C2. The Morgan fingerprint density at radius 3 is 2.79 bits per heavy atom. The van der Waals surface area contributed by atoms with E-state index in [9.17, 15) is 18.0 Å². The molecule has 0 saturated carbocycles. The summed E-state index contributed by atoms with van der Waals surface area (Å²) < 4.78 is 40.9. The zero-order chi connectivity index (χ0) is 19.7. The predicted molar refractivity (Wildman–Crippen MR) is 96.5 cm³/mol. The number of hydrogen-bond donors (Lipinski definition) is 0. The van der Waals surface area contributed by atoms with Gasteiger partial charge in [0.05, 0.1) is 11.4 Å². The number of alkyl halides is 3. The first-order valence-electron chi connectivity index (χ1n) is 8.81. The van der Waals surface area contributed by atoms with E-state index in [4.69, 9.17) is 0 Å². The summed E-state index contributed by atoms with van der Waals surface area (Å²) >= 11 is 0. The Morgan fingerprint density at radius 2 is 2.04 bits per heavy atom. The summed E-state index contributed by atoms with van der Waals surface area (Å²) in [4.78, 5) is 25.3. The lowest BCUT2D eigenvalue weighted by Crippen LogP contribution is -2.28. The number of hydrogen-bond acceptors (Lipinski definition) is 4. The lowest BCUT2D eigenvalue weighted by atomic mass is 10.00. The van der Waals surface area contributed by atoms with Crippen LogP contribution in [0.5, 0.6) is 0 Å². The van der Waals surface area contributed by atoms with Crippen molar-refractivity contribution < 1.29 is 13.2 Å². The van der Waals surface area contributed by atoms with Crippen molar-refractivity contribution in [2.45, 2.75) is 32.0 Å². The maximum atomic E-state index is 13.2. The third-order valence-electron chi connectivity index (χ3n) is 4.70. The first-order chi connectivity index (χ1) is 13.4. The van der Waals surface area contributed by atoms with E-state index < -0.39 is 17.7 Å². The molecule has 0 amide bonds. The predicted octanol–water partition coefficient (Wildman–Crippen LogP) is 3.10. The zero-order valence-electron chi connectivity index (χ0n) is 14.7. The van der Waals surface area contributed by atoms with Crippen LogP contribution in [0.2, 0.25) is 0 Å². The second-order valence-corrected chi connectivity index (χ2v) is 6.63. The molecule has 0 N–H and O–H groups in total. The number of halogens is 3. The maximum Gasteiger partial charge on any atom is 0.392 e. The summed E-state index contributed by atoms with van der Waals surface area (Å²) in [5.74, 6) is 4.43. The maximum absolute atomic E-state index is 13.2. The molecule has 28 heavy (non-hydrogen) atoms. The molecule has 0 radical (unpaired) electrons. The molecule has 0 saturated heterocycles. The largest absolute Gasteiger partial charge is 0.392 e. The van der Waals surface area contributed by atoms with E-state index >= 15 is 0 Å². The minimum Gasteiger partial charge on any atom is -0.295 e. The van der Waals surface area contributed by atoms with Crippen LogP contribution >= 0.6 is 0 Å². The lowest BCUT2D eigenvalue weighted by Gasteiger charge is -2.17. The van der Waals surface area contributed by atoms with Crippen molar-refractivity contribution in [3.05, 3.63) is 64.1 Å². The van der Waals surface area contributed by atoms with E-state index in [1.807, 2.05) is 6.07 Å². The first-order valence-corrected chi connectivity index (χ1v) is 8.81. The van der Waals surface area contributed by atoms with E-state index in [1.165, 1.54) is 10.8 Å².